The maximum Gasteiger partial charge on any atom is 0.244 e. The van der Waals surface area contributed by atoms with E-state index in [2.05, 4.69) is 10.3 Å². The van der Waals surface area contributed by atoms with Crippen LogP contribution in [-0.2, 0) is 11.3 Å². The number of aromatic nitrogens is 1. The molecule has 0 unspecified atom stereocenters. The molecule has 0 radical (unpaired) electrons. The van der Waals surface area contributed by atoms with E-state index in [4.69, 9.17) is 0 Å². The van der Waals surface area contributed by atoms with Gasteiger partial charge in [-0.3, -0.25) is 4.79 Å². The van der Waals surface area contributed by atoms with Crippen molar-refractivity contribution in [2.45, 2.75) is 6.54 Å². The van der Waals surface area contributed by atoms with Crippen LogP contribution < -0.4 is 10.2 Å². The predicted octanol–water partition coefficient (Wildman–Crippen LogP) is 2.54. The van der Waals surface area contributed by atoms with Crippen molar-refractivity contribution in [1.29, 1.82) is 0 Å². The Kier molecular flexibility index (Phi) is 4.90. The molecule has 0 atom stereocenters. The molecule has 104 valence electrons. The zero-order chi connectivity index (χ0) is 14.4. The summed E-state index contributed by atoms with van der Waals surface area (Å²) in [6, 6.07) is 7.79. The zero-order valence-corrected chi connectivity index (χ0v) is 12.4. The van der Waals surface area contributed by atoms with Crippen LogP contribution in [0.25, 0.3) is 6.08 Å². The number of thiophene rings is 1. The largest absolute Gasteiger partial charge is 0.363 e. The number of carbonyl (C=O) groups excluding carboxylic acids is 1. The second-order valence-corrected chi connectivity index (χ2v) is 5.46. The van der Waals surface area contributed by atoms with Crippen molar-refractivity contribution in [2.75, 3.05) is 19.0 Å². The molecular weight excluding hydrogens is 270 g/mol. The SMILES string of the molecule is CN(C)c1cc(CNC(=O)C=Cc2cccs2)ccn1. The first-order valence-corrected chi connectivity index (χ1v) is 7.15. The summed E-state index contributed by atoms with van der Waals surface area (Å²) in [5.74, 6) is 0.785. The first kappa shape index (κ1) is 14.3. The van der Waals surface area contributed by atoms with Crippen molar-refractivity contribution in [3.63, 3.8) is 0 Å². The van der Waals surface area contributed by atoms with Gasteiger partial charge >= 0.3 is 0 Å². The molecule has 0 aliphatic carbocycles. The number of amides is 1. The fourth-order valence-corrected chi connectivity index (χ4v) is 2.23. The van der Waals surface area contributed by atoms with Gasteiger partial charge in [0.15, 0.2) is 0 Å². The van der Waals surface area contributed by atoms with Crippen LogP contribution in [0, 0.1) is 0 Å². The molecule has 2 rings (SSSR count). The molecule has 0 saturated heterocycles. The van der Waals surface area contributed by atoms with E-state index in [1.165, 1.54) is 0 Å². The molecule has 0 bridgehead atoms. The standard InChI is InChI=1S/C15H17N3OS/c1-18(2)14-10-12(7-8-16-14)11-17-15(19)6-5-13-4-3-9-20-13/h3-10H,11H2,1-2H3,(H,17,19). The Morgan fingerprint density at radius 2 is 2.30 bits per heavy atom. The van der Waals surface area contributed by atoms with Crippen molar-refractivity contribution in [2.24, 2.45) is 0 Å². The van der Waals surface area contributed by atoms with Gasteiger partial charge in [-0.25, -0.2) is 4.98 Å². The van der Waals surface area contributed by atoms with Gasteiger partial charge < -0.3 is 10.2 Å². The Morgan fingerprint density at radius 3 is 3.00 bits per heavy atom. The quantitative estimate of drug-likeness (QED) is 0.860. The molecule has 0 saturated carbocycles. The molecule has 0 spiro atoms. The monoisotopic (exact) mass is 287 g/mol. The Bertz CT molecular complexity index is 591. The summed E-state index contributed by atoms with van der Waals surface area (Å²) in [5.41, 5.74) is 1.03. The van der Waals surface area contributed by atoms with E-state index >= 15 is 0 Å². The topological polar surface area (TPSA) is 45.2 Å². The number of rotatable bonds is 5. The lowest BCUT2D eigenvalue weighted by molar-refractivity contribution is -0.116. The molecular formula is C15H17N3OS. The molecule has 0 aliphatic heterocycles. The van der Waals surface area contributed by atoms with E-state index < -0.39 is 0 Å². The number of hydrogen-bond acceptors (Lipinski definition) is 4. The van der Waals surface area contributed by atoms with Crippen LogP contribution in [-0.4, -0.2) is 25.0 Å². The van der Waals surface area contributed by atoms with E-state index in [-0.39, 0.29) is 5.91 Å². The number of anilines is 1. The second-order valence-electron chi connectivity index (χ2n) is 4.48. The summed E-state index contributed by atoms with van der Waals surface area (Å²) in [7, 11) is 3.88. The minimum Gasteiger partial charge on any atom is -0.363 e. The number of carbonyl (C=O) groups is 1. The van der Waals surface area contributed by atoms with E-state index in [1.807, 2.05) is 54.7 Å². The molecule has 0 fully saturated rings. The third kappa shape index (κ3) is 4.20. The average molecular weight is 287 g/mol. The highest BCUT2D eigenvalue weighted by Crippen LogP contribution is 2.10. The first-order chi connectivity index (χ1) is 9.65. The van der Waals surface area contributed by atoms with E-state index in [0.717, 1.165) is 16.3 Å². The van der Waals surface area contributed by atoms with Gasteiger partial charge in [-0.1, -0.05) is 6.07 Å². The van der Waals surface area contributed by atoms with Crippen LogP contribution in [0.4, 0.5) is 5.82 Å². The Labute approximate surface area is 122 Å². The molecule has 1 N–H and O–H groups in total. The predicted molar refractivity (Wildman–Crippen MR) is 83.8 cm³/mol. The van der Waals surface area contributed by atoms with Gasteiger partial charge in [0.2, 0.25) is 5.91 Å². The van der Waals surface area contributed by atoms with Gasteiger partial charge in [0.05, 0.1) is 0 Å². The fourth-order valence-electron chi connectivity index (χ4n) is 1.61. The minimum absolute atomic E-state index is 0.0957. The summed E-state index contributed by atoms with van der Waals surface area (Å²) >= 11 is 1.60. The van der Waals surface area contributed by atoms with Crippen molar-refractivity contribution in [3.8, 4) is 0 Å². The van der Waals surface area contributed by atoms with Crippen LogP contribution in [0.2, 0.25) is 0 Å². The van der Waals surface area contributed by atoms with E-state index in [0.29, 0.717) is 6.54 Å². The number of pyridine rings is 1. The molecule has 4 nitrogen and oxygen atoms in total. The maximum absolute atomic E-state index is 11.7. The molecule has 2 aromatic rings. The molecule has 2 aromatic heterocycles. The van der Waals surface area contributed by atoms with Gasteiger partial charge in [0.1, 0.15) is 5.82 Å². The van der Waals surface area contributed by atoms with Crippen molar-refractivity contribution in [3.05, 3.63) is 52.4 Å². The summed E-state index contributed by atoms with van der Waals surface area (Å²) in [6.07, 6.45) is 5.12. The summed E-state index contributed by atoms with van der Waals surface area (Å²) in [4.78, 5) is 18.9. The summed E-state index contributed by atoms with van der Waals surface area (Å²) in [6.45, 7) is 0.497. The number of nitrogens with one attached hydrogen (secondary N) is 1. The zero-order valence-electron chi connectivity index (χ0n) is 11.5. The lowest BCUT2D eigenvalue weighted by atomic mass is 10.2. The van der Waals surface area contributed by atoms with E-state index in [9.17, 15) is 4.79 Å². The Morgan fingerprint density at radius 1 is 1.45 bits per heavy atom. The summed E-state index contributed by atoms with van der Waals surface area (Å²) in [5, 5.41) is 4.84. The third-order valence-electron chi connectivity index (χ3n) is 2.68. The summed E-state index contributed by atoms with van der Waals surface area (Å²) < 4.78 is 0. The molecule has 1 amide bonds. The van der Waals surface area contributed by atoms with Gasteiger partial charge in [0, 0.05) is 37.8 Å². The van der Waals surface area contributed by atoms with Crippen molar-refractivity contribution in [1.82, 2.24) is 10.3 Å². The normalized spacial score (nSPS) is 10.7. The maximum atomic E-state index is 11.7. The van der Waals surface area contributed by atoms with Crippen molar-refractivity contribution < 1.29 is 4.79 Å². The molecule has 0 aliphatic rings. The Balaban J connectivity index is 1.88. The first-order valence-electron chi connectivity index (χ1n) is 6.27. The average Bonchev–Trinajstić information content (AvgIpc) is 2.96. The highest BCUT2D eigenvalue weighted by molar-refractivity contribution is 7.10. The third-order valence-corrected chi connectivity index (χ3v) is 3.51. The highest BCUT2D eigenvalue weighted by atomic mass is 32.1. The van der Waals surface area contributed by atoms with Crippen LogP contribution in [0.5, 0.6) is 0 Å². The molecule has 5 heteroatoms. The smallest absolute Gasteiger partial charge is 0.244 e. The van der Waals surface area contributed by atoms with Gasteiger partial charge in [-0.2, -0.15) is 0 Å². The van der Waals surface area contributed by atoms with Crippen molar-refractivity contribution >= 4 is 29.1 Å². The lowest BCUT2D eigenvalue weighted by Gasteiger charge is -2.12. The molecule has 20 heavy (non-hydrogen) atoms. The molecule has 2 heterocycles. The van der Waals surface area contributed by atoms with Crippen LogP contribution in [0.15, 0.2) is 41.9 Å². The van der Waals surface area contributed by atoms with Crippen LogP contribution >= 0.6 is 11.3 Å². The minimum atomic E-state index is -0.0957. The second kappa shape index (κ2) is 6.86. The van der Waals surface area contributed by atoms with Gasteiger partial charge in [-0.15, -0.1) is 11.3 Å². The fraction of sp³-hybridized carbons (Fsp3) is 0.200. The lowest BCUT2D eigenvalue weighted by Crippen LogP contribution is -2.20. The van der Waals surface area contributed by atoms with Crippen LogP contribution in [0.3, 0.4) is 0 Å². The molecule has 0 aromatic carbocycles. The van der Waals surface area contributed by atoms with Gasteiger partial charge in [0.25, 0.3) is 0 Å². The highest BCUT2D eigenvalue weighted by Gasteiger charge is 2.01. The number of nitrogens with zero attached hydrogens (tertiary/aromatic N) is 2. The number of hydrogen-bond donors (Lipinski definition) is 1. The van der Waals surface area contributed by atoms with E-state index in [1.54, 1.807) is 23.6 Å². The van der Waals surface area contributed by atoms with Gasteiger partial charge in [-0.05, 0) is 35.2 Å². The Hall–Kier alpha value is -2.14. The van der Waals surface area contributed by atoms with Crippen LogP contribution in [0.1, 0.15) is 10.4 Å².